The fourth-order valence-electron chi connectivity index (χ4n) is 12.7. The van der Waals surface area contributed by atoms with Gasteiger partial charge in [0.15, 0.2) is 0 Å². The lowest BCUT2D eigenvalue weighted by Crippen LogP contribution is -2.58. The van der Waals surface area contributed by atoms with Crippen molar-refractivity contribution in [1.29, 1.82) is 0 Å². The number of rotatable bonds is 27. The summed E-state index contributed by atoms with van der Waals surface area (Å²) in [6.07, 6.45) is 19.6. The molecular formula is C66H92F2N14O8. The van der Waals surface area contributed by atoms with E-state index < -0.39 is 54.2 Å². The molecule has 0 radical (unpaired) electrons. The summed E-state index contributed by atoms with van der Waals surface area (Å²) in [6, 6.07) is 15.1. The lowest BCUT2D eigenvalue weighted by Gasteiger charge is -2.36. The van der Waals surface area contributed by atoms with Gasteiger partial charge in [-0.2, -0.15) is 0 Å². The molecule has 8 N–H and O–H groups in total. The Morgan fingerprint density at radius 2 is 1.00 bits per heavy atom. The summed E-state index contributed by atoms with van der Waals surface area (Å²) in [5.74, 6) is -2.59. The van der Waals surface area contributed by atoms with Crippen LogP contribution in [-0.2, 0) is 55.2 Å². The first kappa shape index (κ1) is 68.4. The van der Waals surface area contributed by atoms with Crippen molar-refractivity contribution in [2.45, 2.75) is 210 Å². The third-order valence-corrected chi connectivity index (χ3v) is 17.8. The summed E-state index contributed by atoms with van der Waals surface area (Å²) < 4.78 is 30.9. The lowest BCUT2D eigenvalue weighted by atomic mass is 9.98. The highest BCUT2D eigenvalue weighted by molar-refractivity contribution is 5.95. The van der Waals surface area contributed by atoms with Gasteiger partial charge < -0.3 is 51.9 Å². The van der Waals surface area contributed by atoms with Crippen molar-refractivity contribution in [3.05, 3.63) is 130 Å². The van der Waals surface area contributed by atoms with Gasteiger partial charge in [-0.15, -0.1) is 10.2 Å². The number of aliphatic hydroxyl groups is 2. The van der Waals surface area contributed by atoms with Gasteiger partial charge in [-0.3, -0.25) is 38.1 Å². The van der Waals surface area contributed by atoms with Gasteiger partial charge in [0.05, 0.1) is 49.8 Å². The second kappa shape index (κ2) is 34.0. The zero-order chi connectivity index (χ0) is 64.1. The van der Waals surface area contributed by atoms with E-state index in [1.54, 1.807) is 65.8 Å². The maximum atomic E-state index is 14.1. The predicted octanol–water partition coefficient (Wildman–Crippen LogP) is 5.32. The van der Waals surface area contributed by atoms with Crippen molar-refractivity contribution >= 4 is 35.4 Å². The Hall–Kier alpha value is -7.54. The second-order valence-electron chi connectivity index (χ2n) is 24.4. The maximum Gasteiger partial charge on any atom is 0.246 e. The molecule has 4 aliphatic heterocycles. The van der Waals surface area contributed by atoms with E-state index in [0.717, 1.165) is 64.2 Å². The van der Waals surface area contributed by atoms with Crippen molar-refractivity contribution in [2.75, 3.05) is 26.3 Å². The number of halogens is 2. The van der Waals surface area contributed by atoms with Gasteiger partial charge in [0.25, 0.3) is 0 Å². The fraction of sp³-hybridized carbons (Fsp3) is 0.576. The van der Waals surface area contributed by atoms with Gasteiger partial charge in [0, 0.05) is 38.8 Å². The minimum absolute atomic E-state index is 0.0799. The number of fused-ring (bicyclic) bond motifs is 2. The number of carbonyl (C=O) groups excluding carboxylic acids is 6. The Morgan fingerprint density at radius 1 is 0.567 bits per heavy atom. The Morgan fingerprint density at radius 3 is 1.43 bits per heavy atom. The number of amides is 6. The summed E-state index contributed by atoms with van der Waals surface area (Å²) in [5.41, 5.74) is 5.04. The van der Waals surface area contributed by atoms with E-state index in [0.29, 0.717) is 67.6 Å². The van der Waals surface area contributed by atoms with E-state index in [-0.39, 0.29) is 79.6 Å². The minimum Gasteiger partial charge on any atom is -0.395 e. The van der Waals surface area contributed by atoms with E-state index in [2.05, 4.69) is 83.7 Å². The first-order valence-electron chi connectivity index (χ1n) is 32.4. The molecule has 4 saturated heterocycles. The molecule has 2 aromatic heterocycles. The normalized spacial score (nSPS) is 21.4. The average molecular weight is 1250 g/mol. The lowest BCUT2D eigenvalue weighted by molar-refractivity contribution is -0.144. The molecule has 0 unspecified atom stereocenters. The van der Waals surface area contributed by atoms with Crippen LogP contribution in [0.4, 0.5) is 8.78 Å². The molecule has 0 spiro atoms. The molecule has 0 saturated carbocycles. The molecule has 24 heteroatoms. The Kier molecular flexibility index (Phi) is 25.9. The van der Waals surface area contributed by atoms with Gasteiger partial charge in [-0.1, -0.05) is 104 Å². The minimum atomic E-state index is -0.746. The summed E-state index contributed by atoms with van der Waals surface area (Å²) >= 11 is 0. The van der Waals surface area contributed by atoms with Crippen LogP contribution in [0.1, 0.15) is 176 Å². The number of carbonyl (C=O) groups is 6. The molecule has 9 rings (SSSR count). The van der Waals surface area contributed by atoms with E-state index in [1.807, 2.05) is 6.20 Å². The average Bonchev–Trinajstić information content (AvgIpc) is 1.65. The highest BCUT2D eigenvalue weighted by Gasteiger charge is 2.46. The van der Waals surface area contributed by atoms with Gasteiger partial charge in [0.2, 0.25) is 35.4 Å². The topological polar surface area (TPSA) is 283 Å². The zero-order valence-electron chi connectivity index (χ0n) is 52.5. The Bertz CT molecular complexity index is 3110. The Labute approximate surface area is 526 Å². The number of hydrogen-bond acceptors (Lipinski definition) is 14. The maximum absolute atomic E-state index is 14.1. The van der Waals surface area contributed by atoms with E-state index >= 15 is 0 Å². The van der Waals surface area contributed by atoms with Crippen LogP contribution in [0.15, 0.2) is 85.2 Å². The summed E-state index contributed by atoms with van der Waals surface area (Å²) in [6.45, 7) is 6.59. The van der Waals surface area contributed by atoms with Crippen molar-refractivity contribution in [3.8, 4) is 0 Å². The molecule has 4 aliphatic rings. The SMILES string of the molecule is CCCCCc1ccc(CCCCn2cc([C@@H](NC(=O)[C@@H]3CC[C@@H]4CCCC[C@H](NC(=O)[C@H](C)NCCO)C(=O)N43)c3ccc(F)cc3)nn2)cc1.C[C@H](NCCO)C(=O)N[C@H]1CCCC[C@H]2CC[C@@H](C(=O)N[C@@H](c3ccc(F)cc3)c3cn(C)nn3)N2C1=O. The highest BCUT2D eigenvalue weighted by atomic mass is 19.1. The summed E-state index contributed by atoms with van der Waals surface area (Å²) in [4.78, 5) is 84.5. The van der Waals surface area contributed by atoms with Crippen LogP contribution in [-0.4, -0.2) is 160 Å². The third kappa shape index (κ3) is 18.8. The van der Waals surface area contributed by atoms with Gasteiger partial charge in [0.1, 0.15) is 47.2 Å². The summed E-state index contributed by atoms with van der Waals surface area (Å²) in [5, 5.41) is 52.8. The van der Waals surface area contributed by atoms with E-state index in [4.69, 9.17) is 10.2 Å². The third-order valence-electron chi connectivity index (χ3n) is 17.8. The second-order valence-corrected chi connectivity index (χ2v) is 24.4. The van der Waals surface area contributed by atoms with Crippen molar-refractivity contribution < 1.29 is 47.8 Å². The molecule has 5 aromatic rings. The highest BCUT2D eigenvalue weighted by Crippen LogP contribution is 2.35. The molecule has 22 nitrogen and oxygen atoms in total. The van der Waals surface area contributed by atoms with E-state index in [1.165, 1.54) is 59.3 Å². The molecule has 10 atom stereocenters. The predicted molar refractivity (Wildman–Crippen MR) is 334 cm³/mol. The molecule has 3 aromatic carbocycles. The number of nitrogens with zero attached hydrogens (tertiary/aromatic N) is 8. The molecule has 6 heterocycles. The quantitative estimate of drug-likeness (QED) is 0.0309. The number of hydrogen-bond donors (Lipinski definition) is 8. The Balaban J connectivity index is 0.000000244. The molecule has 90 heavy (non-hydrogen) atoms. The van der Waals surface area contributed by atoms with Crippen LogP contribution in [0.2, 0.25) is 0 Å². The van der Waals surface area contributed by atoms with Crippen molar-refractivity contribution in [1.82, 2.24) is 71.7 Å². The fourth-order valence-corrected chi connectivity index (χ4v) is 12.7. The largest absolute Gasteiger partial charge is 0.395 e. The van der Waals surface area contributed by atoms with Gasteiger partial charge >= 0.3 is 0 Å². The zero-order valence-corrected chi connectivity index (χ0v) is 52.5. The first-order chi connectivity index (χ1) is 43.5. The number of unbranched alkanes of at least 4 members (excludes halogenated alkanes) is 3. The van der Waals surface area contributed by atoms with Gasteiger partial charge in [-0.05, 0) is 144 Å². The first-order valence-corrected chi connectivity index (χ1v) is 32.4. The number of nitrogens with one attached hydrogen (secondary N) is 6. The molecule has 6 amide bonds. The number of benzene rings is 3. The molecule has 4 fully saturated rings. The van der Waals surface area contributed by atoms with Crippen LogP contribution >= 0.6 is 0 Å². The van der Waals surface area contributed by atoms with Crippen LogP contribution in [0.3, 0.4) is 0 Å². The van der Waals surface area contributed by atoms with Gasteiger partial charge in [-0.25, -0.2) is 8.78 Å². The molecular weight excluding hydrogens is 1150 g/mol. The van der Waals surface area contributed by atoms with Crippen molar-refractivity contribution in [2.24, 2.45) is 7.05 Å². The van der Waals surface area contributed by atoms with Crippen LogP contribution in [0.5, 0.6) is 0 Å². The van der Waals surface area contributed by atoms with Crippen LogP contribution < -0.4 is 31.9 Å². The van der Waals surface area contributed by atoms with E-state index in [9.17, 15) is 37.5 Å². The molecule has 0 bridgehead atoms. The number of aromatic nitrogens is 6. The number of aryl methyl sites for hydroxylation is 4. The smallest absolute Gasteiger partial charge is 0.246 e. The monoisotopic (exact) mass is 1250 g/mol. The standard InChI is InChI=1S/C40H56FN7O4.C26H36FN7O4/c1-3-4-5-10-29-14-16-30(17-15-29)11-8-9-25-47-27-35(45-46-47)37(31-18-20-32(41)21-19-31)44-39(51)36-23-22-33-12-6-7-13-34(40(52)48(33)36)43-38(50)28(2)42-24-26-49;1-16(28-13-14-35)24(36)29-20-6-4-3-5-19-11-12-22(34(19)26(20)38)25(37)30-23(21-15-33(2)32-31-21)17-7-9-18(27)10-8-17/h14-21,27-28,33-34,36-37,42,49H,3-13,22-26H2,1-2H3,(H,43,50)(H,44,51);7-10,15-16,19-20,22-23,28,35H,3-6,11-14H2,1-2H3,(H,29,36)(H,30,37)/t28-,33-,34-,36-,37-;16-,19-,20-,22-,23-/m00/s1. The summed E-state index contributed by atoms with van der Waals surface area (Å²) in [7, 11) is 1.72. The van der Waals surface area contributed by atoms with Crippen molar-refractivity contribution in [3.63, 3.8) is 0 Å². The van der Waals surface area contributed by atoms with Crippen LogP contribution in [0.25, 0.3) is 0 Å². The molecule has 0 aliphatic carbocycles. The number of aliphatic hydroxyl groups excluding tert-OH is 2. The molecule has 488 valence electrons. The van der Waals surface area contributed by atoms with Crippen LogP contribution in [0, 0.1) is 11.6 Å².